The third-order valence-corrected chi connectivity index (χ3v) is 4.45. The molecule has 0 spiro atoms. The molecule has 0 amide bonds. The third-order valence-electron chi connectivity index (χ3n) is 3.51. The van der Waals surface area contributed by atoms with Gasteiger partial charge in [-0.25, -0.2) is 4.98 Å². The molecule has 100 valence electrons. The molecule has 0 saturated heterocycles. The van der Waals surface area contributed by atoms with Crippen molar-refractivity contribution in [2.24, 2.45) is 0 Å². The van der Waals surface area contributed by atoms with Crippen LogP contribution in [-0.4, -0.2) is 26.4 Å². The number of imidazole rings is 1. The summed E-state index contributed by atoms with van der Waals surface area (Å²) in [5, 5.41) is 9.66. The smallest absolute Gasteiger partial charge is 0.313 e. The summed E-state index contributed by atoms with van der Waals surface area (Å²) in [6.07, 6.45) is 2.33. The largest absolute Gasteiger partial charge is 0.481 e. The van der Waals surface area contributed by atoms with Gasteiger partial charge in [0.25, 0.3) is 0 Å². The minimum absolute atomic E-state index is 0.0635. The second-order valence-electron chi connectivity index (χ2n) is 5.10. The summed E-state index contributed by atoms with van der Waals surface area (Å²) >= 11 is 1.31. The molecule has 0 aliphatic heterocycles. The molecule has 2 aromatic rings. The Morgan fingerprint density at radius 2 is 2.11 bits per heavy atom. The molecule has 1 aliphatic carbocycles. The van der Waals surface area contributed by atoms with Gasteiger partial charge in [-0.05, 0) is 49.9 Å². The number of carboxylic acid groups (broad SMARTS) is 1. The first kappa shape index (κ1) is 12.5. The van der Waals surface area contributed by atoms with Crippen molar-refractivity contribution < 1.29 is 9.90 Å². The number of aliphatic carboxylic acids is 1. The Morgan fingerprint density at radius 1 is 1.42 bits per heavy atom. The average Bonchev–Trinajstić information content (AvgIpc) is 3.11. The van der Waals surface area contributed by atoms with Crippen molar-refractivity contribution in [2.45, 2.75) is 37.9 Å². The van der Waals surface area contributed by atoms with Gasteiger partial charge in [-0.15, -0.1) is 0 Å². The molecule has 0 radical (unpaired) electrons. The SMILES string of the molecule is Cc1cc2nc(SCC(=O)O)n(C3CC3)c2cc1C. The Balaban J connectivity index is 2.10. The maximum atomic E-state index is 10.7. The molecule has 1 N–H and O–H groups in total. The van der Waals surface area contributed by atoms with Crippen molar-refractivity contribution in [3.05, 3.63) is 23.3 Å². The Hall–Kier alpha value is -1.49. The highest BCUT2D eigenvalue weighted by molar-refractivity contribution is 7.99. The summed E-state index contributed by atoms with van der Waals surface area (Å²) in [7, 11) is 0. The lowest BCUT2D eigenvalue weighted by molar-refractivity contribution is -0.133. The van der Waals surface area contributed by atoms with E-state index in [4.69, 9.17) is 5.11 Å². The van der Waals surface area contributed by atoms with Crippen LogP contribution < -0.4 is 0 Å². The molecule has 1 aromatic heterocycles. The molecule has 5 heteroatoms. The number of carbonyl (C=O) groups is 1. The Morgan fingerprint density at radius 3 is 2.74 bits per heavy atom. The van der Waals surface area contributed by atoms with E-state index in [0.29, 0.717) is 6.04 Å². The average molecular weight is 276 g/mol. The first-order valence-corrected chi connectivity index (χ1v) is 7.38. The summed E-state index contributed by atoms with van der Waals surface area (Å²) in [5.74, 6) is -0.736. The Bertz CT molecular complexity index is 659. The highest BCUT2D eigenvalue weighted by Crippen LogP contribution is 2.41. The number of aryl methyl sites for hydroxylation is 2. The molecule has 1 heterocycles. The molecule has 0 atom stereocenters. The lowest BCUT2D eigenvalue weighted by Gasteiger charge is -2.07. The van der Waals surface area contributed by atoms with Crippen LogP contribution in [0.1, 0.15) is 30.0 Å². The minimum atomic E-state index is -0.799. The van der Waals surface area contributed by atoms with Crippen molar-refractivity contribution in [3.63, 3.8) is 0 Å². The number of hydrogen-bond donors (Lipinski definition) is 1. The van der Waals surface area contributed by atoms with Crippen LogP contribution in [0.3, 0.4) is 0 Å². The van der Waals surface area contributed by atoms with Gasteiger partial charge in [0.1, 0.15) is 0 Å². The molecular formula is C14H16N2O2S. The van der Waals surface area contributed by atoms with E-state index in [1.54, 1.807) is 0 Å². The van der Waals surface area contributed by atoms with Gasteiger partial charge in [0, 0.05) is 6.04 Å². The zero-order valence-corrected chi connectivity index (χ0v) is 11.8. The highest BCUT2D eigenvalue weighted by atomic mass is 32.2. The quantitative estimate of drug-likeness (QED) is 0.871. The maximum Gasteiger partial charge on any atom is 0.313 e. The van der Waals surface area contributed by atoms with Crippen LogP contribution in [0.2, 0.25) is 0 Å². The maximum absolute atomic E-state index is 10.7. The van der Waals surface area contributed by atoms with Crippen LogP contribution >= 0.6 is 11.8 Å². The van der Waals surface area contributed by atoms with Gasteiger partial charge in [-0.3, -0.25) is 4.79 Å². The van der Waals surface area contributed by atoms with E-state index in [9.17, 15) is 4.79 Å². The van der Waals surface area contributed by atoms with Gasteiger partial charge in [0.2, 0.25) is 0 Å². The lowest BCUT2D eigenvalue weighted by atomic mass is 10.1. The van der Waals surface area contributed by atoms with Crippen LogP contribution in [0, 0.1) is 13.8 Å². The topological polar surface area (TPSA) is 55.1 Å². The summed E-state index contributed by atoms with van der Waals surface area (Å²) < 4.78 is 2.22. The van der Waals surface area contributed by atoms with Crippen molar-refractivity contribution in [3.8, 4) is 0 Å². The molecule has 4 nitrogen and oxygen atoms in total. The zero-order chi connectivity index (χ0) is 13.6. The zero-order valence-electron chi connectivity index (χ0n) is 11.0. The number of nitrogens with zero attached hydrogens (tertiary/aromatic N) is 2. The van der Waals surface area contributed by atoms with Crippen molar-refractivity contribution in [1.29, 1.82) is 0 Å². The molecular weight excluding hydrogens is 260 g/mol. The highest BCUT2D eigenvalue weighted by Gasteiger charge is 2.28. The van der Waals surface area contributed by atoms with Crippen LogP contribution in [0.25, 0.3) is 11.0 Å². The number of aromatic nitrogens is 2. The number of benzene rings is 1. The molecule has 3 rings (SSSR count). The predicted molar refractivity (Wildman–Crippen MR) is 75.8 cm³/mol. The number of fused-ring (bicyclic) bond motifs is 1. The summed E-state index contributed by atoms with van der Waals surface area (Å²) in [6.45, 7) is 4.18. The normalized spacial score (nSPS) is 15.1. The van der Waals surface area contributed by atoms with E-state index in [-0.39, 0.29) is 5.75 Å². The molecule has 1 saturated carbocycles. The number of carboxylic acids is 1. The van der Waals surface area contributed by atoms with Gasteiger partial charge in [-0.2, -0.15) is 0 Å². The van der Waals surface area contributed by atoms with E-state index in [2.05, 4.69) is 35.5 Å². The lowest BCUT2D eigenvalue weighted by Crippen LogP contribution is -2.02. The molecule has 1 aromatic carbocycles. The van der Waals surface area contributed by atoms with Crippen molar-refractivity contribution in [1.82, 2.24) is 9.55 Å². The monoisotopic (exact) mass is 276 g/mol. The van der Waals surface area contributed by atoms with E-state index < -0.39 is 5.97 Å². The summed E-state index contributed by atoms with van der Waals surface area (Å²) in [6, 6.07) is 4.76. The number of thioether (sulfide) groups is 1. The van der Waals surface area contributed by atoms with Crippen LogP contribution in [0.15, 0.2) is 17.3 Å². The number of rotatable bonds is 4. The Labute approximate surface area is 115 Å². The van der Waals surface area contributed by atoms with Crippen LogP contribution in [0.5, 0.6) is 0 Å². The molecule has 19 heavy (non-hydrogen) atoms. The minimum Gasteiger partial charge on any atom is -0.481 e. The van der Waals surface area contributed by atoms with Gasteiger partial charge >= 0.3 is 5.97 Å². The second kappa shape index (κ2) is 4.56. The van der Waals surface area contributed by atoms with Crippen molar-refractivity contribution >= 4 is 28.8 Å². The summed E-state index contributed by atoms with van der Waals surface area (Å²) in [4.78, 5) is 15.3. The van der Waals surface area contributed by atoms with Gasteiger partial charge in [0.15, 0.2) is 5.16 Å². The standard InChI is InChI=1S/C14H16N2O2S/c1-8-5-11-12(6-9(8)2)16(10-3-4-10)14(15-11)19-7-13(17)18/h5-6,10H,3-4,7H2,1-2H3,(H,17,18). The molecule has 1 aliphatic rings. The fourth-order valence-electron chi connectivity index (χ4n) is 2.24. The van der Waals surface area contributed by atoms with Gasteiger partial charge in [0.05, 0.1) is 16.8 Å². The van der Waals surface area contributed by atoms with Crippen LogP contribution in [0.4, 0.5) is 0 Å². The van der Waals surface area contributed by atoms with Gasteiger partial charge in [-0.1, -0.05) is 11.8 Å². The number of hydrogen-bond acceptors (Lipinski definition) is 3. The second-order valence-corrected chi connectivity index (χ2v) is 6.05. The Kier molecular flexibility index (Phi) is 3.01. The molecule has 0 unspecified atom stereocenters. The third kappa shape index (κ3) is 2.34. The van der Waals surface area contributed by atoms with E-state index in [1.165, 1.54) is 35.7 Å². The molecule has 0 bridgehead atoms. The molecule has 1 fully saturated rings. The first-order chi connectivity index (χ1) is 9.06. The van der Waals surface area contributed by atoms with Gasteiger partial charge < -0.3 is 9.67 Å². The van der Waals surface area contributed by atoms with Crippen molar-refractivity contribution in [2.75, 3.05) is 5.75 Å². The fraction of sp³-hybridized carbons (Fsp3) is 0.429. The predicted octanol–water partition coefficient (Wildman–Crippen LogP) is 3.16. The van der Waals surface area contributed by atoms with E-state index >= 15 is 0 Å². The fourth-order valence-corrected chi connectivity index (χ4v) is 3.04. The van der Waals surface area contributed by atoms with Crippen LogP contribution in [-0.2, 0) is 4.79 Å². The summed E-state index contributed by atoms with van der Waals surface area (Å²) in [5.41, 5.74) is 4.59. The van der Waals surface area contributed by atoms with E-state index in [1.807, 2.05) is 0 Å². The first-order valence-electron chi connectivity index (χ1n) is 6.40. The van der Waals surface area contributed by atoms with E-state index in [0.717, 1.165) is 16.2 Å².